The highest BCUT2D eigenvalue weighted by molar-refractivity contribution is 5.82. The molecule has 2 aromatic rings. The number of nitrogens with one attached hydrogen (secondary N) is 1. The van der Waals surface area contributed by atoms with E-state index >= 15 is 0 Å². The molecule has 39 heavy (non-hydrogen) atoms. The van der Waals surface area contributed by atoms with Gasteiger partial charge in [-0.1, -0.05) is 42.5 Å². The molecule has 0 saturated heterocycles. The summed E-state index contributed by atoms with van der Waals surface area (Å²) in [5.74, 6) is -1.39. The largest absolute Gasteiger partial charge is 0.482 e. The molecule has 10 heteroatoms. The van der Waals surface area contributed by atoms with E-state index in [0.717, 1.165) is 5.56 Å². The number of benzene rings is 2. The van der Waals surface area contributed by atoms with E-state index in [1.165, 1.54) is 0 Å². The summed E-state index contributed by atoms with van der Waals surface area (Å²) in [6, 6.07) is 13.0. The first-order valence-corrected chi connectivity index (χ1v) is 12.8. The molecule has 0 aliphatic rings. The van der Waals surface area contributed by atoms with Gasteiger partial charge in [-0.05, 0) is 51.8 Å². The van der Waals surface area contributed by atoms with Gasteiger partial charge in [0.1, 0.15) is 24.0 Å². The zero-order chi connectivity index (χ0) is 28.8. The number of hydrogen-bond acceptors (Lipinski definition) is 9. The quantitative estimate of drug-likeness (QED) is 0.295. The van der Waals surface area contributed by atoms with Crippen molar-refractivity contribution in [2.45, 2.75) is 65.7 Å². The fraction of sp³-hybridized carbons (Fsp3) is 0.448. The van der Waals surface area contributed by atoms with Gasteiger partial charge >= 0.3 is 24.0 Å². The molecule has 0 aliphatic carbocycles. The van der Waals surface area contributed by atoms with Crippen molar-refractivity contribution in [3.05, 3.63) is 65.2 Å². The molecule has 1 amide bonds. The lowest BCUT2D eigenvalue weighted by Gasteiger charge is -2.23. The van der Waals surface area contributed by atoms with Crippen LogP contribution in [0, 0.1) is 0 Å². The van der Waals surface area contributed by atoms with Crippen LogP contribution in [-0.2, 0) is 52.8 Å². The Morgan fingerprint density at radius 2 is 1.51 bits per heavy atom. The van der Waals surface area contributed by atoms with Crippen LogP contribution >= 0.6 is 0 Å². The number of ether oxygens (including phenoxy) is 5. The third-order valence-electron chi connectivity index (χ3n) is 5.06. The molecule has 0 unspecified atom stereocenters. The van der Waals surface area contributed by atoms with Crippen LogP contribution in [0.4, 0.5) is 4.79 Å². The van der Waals surface area contributed by atoms with Crippen LogP contribution in [0.3, 0.4) is 0 Å². The Hall–Kier alpha value is -4.08. The molecule has 0 heterocycles. The van der Waals surface area contributed by atoms with Crippen LogP contribution in [0.2, 0.25) is 0 Å². The van der Waals surface area contributed by atoms with Crippen molar-refractivity contribution in [2.75, 3.05) is 19.8 Å². The summed E-state index contributed by atoms with van der Waals surface area (Å²) in [7, 11) is 0. The second-order valence-electron chi connectivity index (χ2n) is 9.51. The summed E-state index contributed by atoms with van der Waals surface area (Å²) in [6.07, 6.45) is -0.853. The van der Waals surface area contributed by atoms with Crippen molar-refractivity contribution in [3.8, 4) is 5.75 Å². The van der Waals surface area contributed by atoms with Gasteiger partial charge in [0.15, 0.2) is 6.61 Å². The Kier molecular flexibility index (Phi) is 12.3. The maximum absolute atomic E-state index is 13.0. The third-order valence-corrected chi connectivity index (χ3v) is 5.06. The average molecular weight is 544 g/mol. The second kappa shape index (κ2) is 15.4. The highest BCUT2D eigenvalue weighted by Crippen LogP contribution is 2.23. The van der Waals surface area contributed by atoms with Crippen LogP contribution in [0.5, 0.6) is 5.75 Å². The number of carbonyl (C=O) groups excluding carboxylic acids is 4. The first-order chi connectivity index (χ1) is 18.5. The molecular weight excluding hydrogens is 506 g/mol. The number of carbonyl (C=O) groups is 4. The minimum atomic E-state index is -1.08. The first-order valence-electron chi connectivity index (χ1n) is 12.8. The summed E-state index contributed by atoms with van der Waals surface area (Å²) in [4.78, 5) is 49.5. The van der Waals surface area contributed by atoms with Gasteiger partial charge in [0.05, 0.1) is 19.6 Å². The van der Waals surface area contributed by atoms with Crippen molar-refractivity contribution in [1.29, 1.82) is 0 Å². The zero-order valence-corrected chi connectivity index (χ0v) is 23.1. The summed E-state index contributed by atoms with van der Waals surface area (Å²) < 4.78 is 26.3. The number of rotatable bonds is 13. The van der Waals surface area contributed by atoms with E-state index in [9.17, 15) is 19.2 Å². The van der Waals surface area contributed by atoms with Crippen molar-refractivity contribution in [3.63, 3.8) is 0 Å². The Morgan fingerprint density at radius 3 is 2.15 bits per heavy atom. The standard InChI is InChI=1S/C29H37NO9/c1-6-35-25(31)17-22-15-21(13-14-24(22)37-19-26(32)36-7-2)16-23(30-28(34)39-29(3,4)5)27(33)38-18-20-11-9-8-10-12-20/h8-15,23H,6-7,16-19H2,1-5H3,(H,30,34)/t23-/m0/s1. The maximum Gasteiger partial charge on any atom is 0.408 e. The monoisotopic (exact) mass is 543 g/mol. The Morgan fingerprint density at radius 1 is 0.846 bits per heavy atom. The fourth-order valence-corrected chi connectivity index (χ4v) is 3.45. The molecule has 1 N–H and O–H groups in total. The second-order valence-corrected chi connectivity index (χ2v) is 9.51. The molecule has 10 nitrogen and oxygen atoms in total. The van der Waals surface area contributed by atoms with E-state index < -0.39 is 35.6 Å². The Labute approximate surface area is 228 Å². The lowest BCUT2D eigenvalue weighted by molar-refractivity contribution is -0.147. The fourth-order valence-electron chi connectivity index (χ4n) is 3.45. The predicted molar refractivity (Wildman–Crippen MR) is 142 cm³/mol. The van der Waals surface area contributed by atoms with E-state index in [-0.39, 0.29) is 39.3 Å². The van der Waals surface area contributed by atoms with Gasteiger partial charge in [-0.3, -0.25) is 4.79 Å². The minimum absolute atomic E-state index is 0.0287. The summed E-state index contributed by atoms with van der Waals surface area (Å²) in [6.45, 7) is 8.63. The maximum atomic E-state index is 13.0. The van der Waals surface area contributed by atoms with Crippen molar-refractivity contribution in [2.24, 2.45) is 0 Å². The van der Waals surface area contributed by atoms with Crippen LogP contribution in [0.1, 0.15) is 51.3 Å². The molecule has 0 saturated carbocycles. The van der Waals surface area contributed by atoms with Gasteiger partial charge in [-0.25, -0.2) is 14.4 Å². The topological polar surface area (TPSA) is 126 Å². The molecule has 0 spiro atoms. The van der Waals surface area contributed by atoms with Gasteiger partial charge < -0.3 is 29.0 Å². The highest BCUT2D eigenvalue weighted by Gasteiger charge is 2.26. The van der Waals surface area contributed by atoms with Gasteiger partial charge in [0.2, 0.25) is 0 Å². The Balaban J connectivity index is 2.26. The van der Waals surface area contributed by atoms with Gasteiger partial charge in [0.25, 0.3) is 0 Å². The van der Waals surface area contributed by atoms with Crippen LogP contribution in [0.25, 0.3) is 0 Å². The van der Waals surface area contributed by atoms with Gasteiger partial charge in [0, 0.05) is 12.0 Å². The van der Waals surface area contributed by atoms with Crippen molar-refractivity contribution >= 4 is 24.0 Å². The Bertz CT molecular complexity index is 1110. The van der Waals surface area contributed by atoms with E-state index in [1.807, 2.05) is 30.3 Å². The lowest BCUT2D eigenvalue weighted by atomic mass is 10.0. The zero-order valence-electron chi connectivity index (χ0n) is 23.1. The molecule has 0 aromatic heterocycles. The molecule has 0 fully saturated rings. The van der Waals surface area contributed by atoms with Crippen LogP contribution in [0.15, 0.2) is 48.5 Å². The molecular formula is C29H37NO9. The van der Waals surface area contributed by atoms with E-state index in [4.69, 9.17) is 23.7 Å². The van der Waals surface area contributed by atoms with E-state index in [1.54, 1.807) is 52.8 Å². The molecule has 1 atom stereocenters. The van der Waals surface area contributed by atoms with Crippen LogP contribution in [-0.4, -0.2) is 55.5 Å². The number of esters is 3. The molecule has 0 bridgehead atoms. The van der Waals surface area contributed by atoms with Crippen molar-refractivity contribution < 1.29 is 42.9 Å². The molecule has 2 aromatic carbocycles. The summed E-state index contributed by atoms with van der Waals surface area (Å²) in [5, 5.41) is 2.59. The number of amides is 1. The molecule has 212 valence electrons. The van der Waals surface area contributed by atoms with Gasteiger partial charge in [-0.15, -0.1) is 0 Å². The van der Waals surface area contributed by atoms with Gasteiger partial charge in [-0.2, -0.15) is 0 Å². The molecule has 2 rings (SSSR count). The lowest BCUT2D eigenvalue weighted by Crippen LogP contribution is -2.45. The number of alkyl carbamates (subject to hydrolysis) is 1. The number of hydrogen-bond donors (Lipinski definition) is 1. The van der Waals surface area contributed by atoms with Crippen LogP contribution < -0.4 is 10.1 Å². The van der Waals surface area contributed by atoms with E-state index in [2.05, 4.69) is 5.32 Å². The van der Waals surface area contributed by atoms with Crippen molar-refractivity contribution in [1.82, 2.24) is 5.32 Å². The molecule has 0 radical (unpaired) electrons. The van der Waals surface area contributed by atoms with E-state index in [0.29, 0.717) is 16.9 Å². The normalized spacial score (nSPS) is 11.6. The average Bonchev–Trinajstić information content (AvgIpc) is 2.86. The third kappa shape index (κ3) is 11.9. The summed E-state index contributed by atoms with van der Waals surface area (Å²) >= 11 is 0. The SMILES string of the molecule is CCOC(=O)COc1ccc(C[C@H](NC(=O)OC(C)(C)C)C(=O)OCc2ccccc2)cc1CC(=O)OCC. The molecule has 0 aliphatic heterocycles. The highest BCUT2D eigenvalue weighted by atomic mass is 16.6. The predicted octanol–water partition coefficient (Wildman–Crippen LogP) is 3.91. The first kappa shape index (κ1) is 31.1. The minimum Gasteiger partial charge on any atom is -0.482 e. The smallest absolute Gasteiger partial charge is 0.408 e. The summed E-state index contributed by atoms with van der Waals surface area (Å²) in [5.41, 5.74) is 1.08.